The van der Waals surface area contributed by atoms with Crippen molar-refractivity contribution >= 4 is 34.2 Å². The molecule has 2 rings (SSSR count). The van der Waals surface area contributed by atoms with Crippen LogP contribution in [0.2, 0.25) is 0 Å². The van der Waals surface area contributed by atoms with Gasteiger partial charge < -0.3 is 15.4 Å². The highest BCUT2D eigenvalue weighted by Gasteiger charge is 2.16. The van der Waals surface area contributed by atoms with Gasteiger partial charge in [0.05, 0.1) is 13.2 Å². The van der Waals surface area contributed by atoms with Gasteiger partial charge in [0.15, 0.2) is 0 Å². The Kier molecular flexibility index (Phi) is 8.14. The Morgan fingerprint density at radius 1 is 1.40 bits per heavy atom. The number of amides is 1. The topological polar surface area (TPSA) is 50.4 Å². The number of carbonyl (C=O) groups excluding carboxylic acids is 1. The highest BCUT2D eigenvalue weighted by Crippen LogP contribution is 2.10. The van der Waals surface area contributed by atoms with Crippen LogP contribution in [0, 0.1) is 0 Å². The smallest absolute Gasteiger partial charge is 0.221 e. The molecule has 0 spiro atoms. The number of benzene rings is 1. The molecule has 112 valence electrons. The number of halogens is 2. The van der Waals surface area contributed by atoms with Crippen LogP contribution in [0.15, 0.2) is 28.7 Å². The molecule has 0 aromatic heterocycles. The van der Waals surface area contributed by atoms with Crippen LogP contribution in [0.25, 0.3) is 0 Å². The Labute approximate surface area is 134 Å². The molecule has 20 heavy (non-hydrogen) atoms. The normalized spacial score (nSPS) is 18.1. The summed E-state index contributed by atoms with van der Waals surface area (Å²) in [4.78, 5) is 11.7. The van der Waals surface area contributed by atoms with Gasteiger partial charge in [-0.1, -0.05) is 28.1 Å². The van der Waals surface area contributed by atoms with Crippen LogP contribution >= 0.6 is 28.3 Å². The van der Waals surface area contributed by atoms with Crippen molar-refractivity contribution in [1.82, 2.24) is 10.6 Å². The van der Waals surface area contributed by atoms with Gasteiger partial charge >= 0.3 is 0 Å². The van der Waals surface area contributed by atoms with E-state index in [1.807, 2.05) is 12.1 Å². The van der Waals surface area contributed by atoms with Gasteiger partial charge in [-0.05, 0) is 24.1 Å². The zero-order chi connectivity index (χ0) is 13.5. The Morgan fingerprint density at radius 3 is 2.80 bits per heavy atom. The fraction of sp³-hybridized carbons (Fsp3) is 0.500. The SMILES string of the molecule is Cl.O=C(CC1COCCN1)NCCc1ccc(Br)cc1. The predicted octanol–water partition coefficient (Wildman–Crippen LogP) is 1.91. The standard InChI is InChI=1S/C14H19BrN2O2.ClH/c15-12-3-1-11(2-4-12)5-6-17-14(18)9-13-10-19-8-7-16-13;/h1-4,13,16H,5-10H2,(H,17,18);1H. The average molecular weight is 364 g/mol. The zero-order valence-corrected chi connectivity index (χ0v) is 13.6. The summed E-state index contributed by atoms with van der Waals surface area (Å²) in [6.07, 6.45) is 1.34. The molecule has 1 amide bonds. The van der Waals surface area contributed by atoms with Gasteiger partial charge in [0.1, 0.15) is 0 Å². The summed E-state index contributed by atoms with van der Waals surface area (Å²) in [6, 6.07) is 8.31. The lowest BCUT2D eigenvalue weighted by Gasteiger charge is -2.23. The molecule has 0 bridgehead atoms. The number of nitrogens with one attached hydrogen (secondary N) is 2. The first kappa shape index (κ1) is 17.4. The first-order valence-corrected chi connectivity index (χ1v) is 7.35. The van der Waals surface area contributed by atoms with Crippen LogP contribution in [-0.2, 0) is 16.0 Å². The second-order valence-electron chi connectivity index (χ2n) is 4.66. The minimum atomic E-state index is 0. The van der Waals surface area contributed by atoms with Gasteiger partial charge in [0.25, 0.3) is 0 Å². The molecule has 1 fully saturated rings. The van der Waals surface area contributed by atoms with Crippen LogP contribution in [0.3, 0.4) is 0 Å². The lowest BCUT2D eigenvalue weighted by atomic mass is 10.1. The molecule has 1 aliphatic heterocycles. The maximum absolute atomic E-state index is 11.7. The summed E-state index contributed by atoms with van der Waals surface area (Å²) in [5, 5.41) is 6.22. The molecule has 1 heterocycles. The lowest BCUT2D eigenvalue weighted by Crippen LogP contribution is -2.44. The Bertz CT molecular complexity index is 408. The van der Waals surface area contributed by atoms with Crippen LogP contribution in [-0.4, -0.2) is 38.3 Å². The number of hydrogen-bond donors (Lipinski definition) is 2. The van der Waals surface area contributed by atoms with E-state index in [0.29, 0.717) is 19.6 Å². The van der Waals surface area contributed by atoms with Crippen molar-refractivity contribution in [2.75, 3.05) is 26.3 Å². The van der Waals surface area contributed by atoms with E-state index in [1.54, 1.807) is 0 Å². The van der Waals surface area contributed by atoms with E-state index in [1.165, 1.54) is 5.56 Å². The van der Waals surface area contributed by atoms with Crippen molar-refractivity contribution in [3.63, 3.8) is 0 Å². The van der Waals surface area contributed by atoms with Gasteiger partial charge in [-0.25, -0.2) is 0 Å². The molecule has 1 aromatic carbocycles. The summed E-state index contributed by atoms with van der Waals surface area (Å²) in [7, 11) is 0. The zero-order valence-electron chi connectivity index (χ0n) is 11.2. The average Bonchev–Trinajstić information content (AvgIpc) is 2.42. The minimum Gasteiger partial charge on any atom is -0.378 e. The summed E-state index contributed by atoms with van der Waals surface area (Å²) in [5.74, 6) is 0.0834. The third-order valence-electron chi connectivity index (χ3n) is 3.08. The first-order valence-electron chi connectivity index (χ1n) is 6.56. The molecule has 0 radical (unpaired) electrons. The van der Waals surface area contributed by atoms with E-state index < -0.39 is 0 Å². The molecule has 0 saturated carbocycles. The minimum absolute atomic E-state index is 0. The molecule has 1 atom stereocenters. The molecule has 0 aliphatic carbocycles. The fourth-order valence-electron chi connectivity index (χ4n) is 2.04. The number of morpholine rings is 1. The molecule has 6 heteroatoms. The fourth-order valence-corrected chi connectivity index (χ4v) is 2.31. The monoisotopic (exact) mass is 362 g/mol. The van der Waals surface area contributed by atoms with Crippen LogP contribution in [0.5, 0.6) is 0 Å². The highest BCUT2D eigenvalue weighted by atomic mass is 79.9. The van der Waals surface area contributed by atoms with Gasteiger partial charge in [0, 0.05) is 30.0 Å². The van der Waals surface area contributed by atoms with E-state index in [9.17, 15) is 4.79 Å². The number of ether oxygens (including phenoxy) is 1. The molecule has 1 aliphatic rings. The molecule has 4 nitrogen and oxygen atoms in total. The molecular formula is C14H20BrClN2O2. The van der Waals surface area contributed by atoms with Crippen molar-refractivity contribution in [1.29, 1.82) is 0 Å². The highest BCUT2D eigenvalue weighted by molar-refractivity contribution is 9.10. The van der Waals surface area contributed by atoms with Gasteiger partial charge in [0.2, 0.25) is 5.91 Å². The number of hydrogen-bond acceptors (Lipinski definition) is 3. The van der Waals surface area contributed by atoms with Crippen molar-refractivity contribution < 1.29 is 9.53 Å². The summed E-state index contributed by atoms with van der Waals surface area (Å²) >= 11 is 3.40. The van der Waals surface area contributed by atoms with Crippen LogP contribution in [0.1, 0.15) is 12.0 Å². The first-order chi connectivity index (χ1) is 9.24. The summed E-state index contributed by atoms with van der Waals surface area (Å²) in [5.41, 5.74) is 1.22. The summed E-state index contributed by atoms with van der Waals surface area (Å²) in [6.45, 7) is 2.87. The molecule has 2 N–H and O–H groups in total. The largest absolute Gasteiger partial charge is 0.378 e. The predicted molar refractivity (Wildman–Crippen MR) is 85.3 cm³/mol. The van der Waals surface area contributed by atoms with Crippen molar-refractivity contribution in [2.45, 2.75) is 18.9 Å². The van der Waals surface area contributed by atoms with E-state index >= 15 is 0 Å². The quantitative estimate of drug-likeness (QED) is 0.840. The molecule has 1 unspecified atom stereocenters. The van der Waals surface area contributed by atoms with Crippen molar-refractivity contribution in [2.24, 2.45) is 0 Å². The van der Waals surface area contributed by atoms with Crippen LogP contribution < -0.4 is 10.6 Å². The second-order valence-corrected chi connectivity index (χ2v) is 5.57. The van der Waals surface area contributed by atoms with Crippen molar-refractivity contribution in [3.05, 3.63) is 34.3 Å². The van der Waals surface area contributed by atoms with Gasteiger partial charge in [-0.15, -0.1) is 12.4 Å². The lowest BCUT2D eigenvalue weighted by molar-refractivity contribution is -0.122. The van der Waals surface area contributed by atoms with Crippen LogP contribution in [0.4, 0.5) is 0 Å². The van der Waals surface area contributed by atoms with E-state index in [4.69, 9.17) is 4.74 Å². The number of carbonyl (C=O) groups is 1. The van der Waals surface area contributed by atoms with E-state index in [0.717, 1.165) is 24.0 Å². The second kappa shape index (κ2) is 9.34. The van der Waals surface area contributed by atoms with E-state index in [2.05, 4.69) is 38.7 Å². The molecule has 1 saturated heterocycles. The Morgan fingerprint density at radius 2 is 2.15 bits per heavy atom. The van der Waals surface area contributed by atoms with Crippen molar-refractivity contribution in [3.8, 4) is 0 Å². The third-order valence-corrected chi connectivity index (χ3v) is 3.61. The Balaban J connectivity index is 0.00000200. The van der Waals surface area contributed by atoms with Gasteiger partial charge in [-0.3, -0.25) is 4.79 Å². The summed E-state index contributed by atoms with van der Waals surface area (Å²) < 4.78 is 6.39. The molecule has 1 aromatic rings. The molecular weight excluding hydrogens is 344 g/mol. The van der Waals surface area contributed by atoms with E-state index in [-0.39, 0.29) is 24.4 Å². The Hall–Kier alpha value is -0.620. The maximum Gasteiger partial charge on any atom is 0.221 e. The third kappa shape index (κ3) is 6.22. The maximum atomic E-state index is 11.7. The van der Waals surface area contributed by atoms with Gasteiger partial charge in [-0.2, -0.15) is 0 Å². The number of rotatable bonds is 5.